The third-order valence-corrected chi connectivity index (χ3v) is 3.67. The van der Waals surface area contributed by atoms with Gasteiger partial charge in [0.25, 0.3) is 0 Å². The van der Waals surface area contributed by atoms with E-state index >= 15 is 0 Å². The van der Waals surface area contributed by atoms with Crippen LogP contribution in [0.5, 0.6) is 0 Å². The Morgan fingerprint density at radius 3 is 2.81 bits per heavy atom. The molecule has 1 fully saturated rings. The standard InChI is InChI=1S/C14H18N6O/c1-11-4-2-3-5-12(11)14-16-17-18-20(14)10-13(21)19-8-6-15-7-9-19/h2-5,15H,6-10H2,1H3. The summed E-state index contributed by atoms with van der Waals surface area (Å²) in [6.07, 6.45) is 0. The molecule has 1 aliphatic heterocycles. The van der Waals surface area contributed by atoms with E-state index in [9.17, 15) is 4.79 Å². The number of carbonyl (C=O) groups excluding carboxylic acids is 1. The largest absolute Gasteiger partial charge is 0.339 e. The van der Waals surface area contributed by atoms with Crippen molar-refractivity contribution in [3.05, 3.63) is 29.8 Å². The van der Waals surface area contributed by atoms with Crippen molar-refractivity contribution in [3.8, 4) is 11.4 Å². The topological polar surface area (TPSA) is 75.9 Å². The van der Waals surface area contributed by atoms with Gasteiger partial charge in [0.2, 0.25) is 5.91 Å². The number of piperazine rings is 1. The number of amides is 1. The first kappa shape index (κ1) is 13.7. The highest BCUT2D eigenvalue weighted by atomic mass is 16.2. The third kappa shape index (κ3) is 2.92. The molecular weight excluding hydrogens is 268 g/mol. The van der Waals surface area contributed by atoms with Gasteiger partial charge in [-0.15, -0.1) is 5.10 Å². The molecule has 7 heteroatoms. The molecule has 0 bridgehead atoms. The summed E-state index contributed by atoms with van der Waals surface area (Å²) < 4.78 is 1.58. The molecule has 2 heterocycles. The molecule has 0 spiro atoms. The van der Waals surface area contributed by atoms with Crippen molar-refractivity contribution in [3.63, 3.8) is 0 Å². The van der Waals surface area contributed by atoms with E-state index in [0.717, 1.165) is 37.3 Å². The minimum atomic E-state index is 0.0543. The molecule has 1 N–H and O–H groups in total. The van der Waals surface area contributed by atoms with E-state index in [2.05, 4.69) is 20.8 Å². The van der Waals surface area contributed by atoms with Crippen molar-refractivity contribution >= 4 is 5.91 Å². The van der Waals surface area contributed by atoms with Crippen molar-refractivity contribution in [2.75, 3.05) is 26.2 Å². The normalized spacial score (nSPS) is 15.2. The van der Waals surface area contributed by atoms with Crippen LogP contribution in [0, 0.1) is 6.92 Å². The smallest absolute Gasteiger partial charge is 0.244 e. The van der Waals surface area contributed by atoms with Gasteiger partial charge in [0.05, 0.1) is 0 Å². The van der Waals surface area contributed by atoms with Gasteiger partial charge in [-0.05, 0) is 22.9 Å². The Labute approximate surface area is 122 Å². The van der Waals surface area contributed by atoms with Gasteiger partial charge in [-0.2, -0.15) is 0 Å². The number of aryl methyl sites for hydroxylation is 1. The molecule has 1 saturated heterocycles. The summed E-state index contributed by atoms with van der Waals surface area (Å²) in [5.74, 6) is 0.690. The Hall–Kier alpha value is -2.28. The first-order valence-electron chi connectivity index (χ1n) is 7.06. The summed E-state index contributed by atoms with van der Waals surface area (Å²) in [6.45, 7) is 5.34. The van der Waals surface area contributed by atoms with Crippen LogP contribution in [0.3, 0.4) is 0 Å². The molecule has 0 unspecified atom stereocenters. The molecule has 0 radical (unpaired) electrons. The van der Waals surface area contributed by atoms with Crippen molar-refractivity contribution in [1.82, 2.24) is 30.4 Å². The van der Waals surface area contributed by atoms with E-state index in [1.165, 1.54) is 0 Å². The summed E-state index contributed by atoms with van der Waals surface area (Å²) in [4.78, 5) is 14.2. The molecular formula is C14H18N6O. The van der Waals surface area contributed by atoms with Gasteiger partial charge in [0.1, 0.15) is 6.54 Å². The van der Waals surface area contributed by atoms with Crippen LogP contribution in [-0.2, 0) is 11.3 Å². The van der Waals surface area contributed by atoms with Crippen LogP contribution >= 0.6 is 0 Å². The Kier molecular flexibility index (Phi) is 3.92. The zero-order valence-electron chi connectivity index (χ0n) is 12.0. The number of hydrogen-bond donors (Lipinski definition) is 1. The van der Waals surface area contributed by atoms with Crippen molar-refractivity contribution in [2.45, 2.75) is 13.5 Å². The minimum absolute atomic E-state index is 0.0543. The molecule has 1 aromatic carbocycles. The highest BCUT2D eigenvalue weighted by molar-refractivity contribution is 5.76. The number of rotatable bonds is 3. The number of tetrazole rings is 1. The summed E-state index contributed by atoms with van der Waals surface area (Å²) in [6, 6.07) is 7.89. The number of nitrogens with one attached hydrogen (secondary N) is 1. The van der Waals surface area contributed by atoms with Crippen molar-refractivity contribution in [1.29, 1.82) is 0 Å². The second kappa shape index (κ2) is 6.01. The molecule has 0 saturated carbocycles. The summed E-state index contributed by atoms with van der Waals surface area (Å²) in [7, 11) is 0. The maximum atomic E-state index is 12.3. The first-order valence-corrected chi connectivity index (χ1v) is 7.06. The van der Waals surface area contributed by atoms with E-state index in [1.807, 2.05) is 36.1 Å². The van der Waals surface area contributed by atoms with Gasteiger partial charge < -0.3 is 10.2 Å². The summed E-state index contributed by atoms with van der Waals surface area (Å²) >= 11 is 0. The Balaban J connectivity index is 1.80. The van der Waals surface area contributed by atoms with Crippen LogP contribution in [-0.4, -0.2) is 57.2 Å². The molecule has 0 aliphatic carbocycles. The lowest BCUT2D eigenvalue weighted by molar-refractivity contribution is -0.132. The molecule has 2 aromatic rings. The lowest BCUT2D eigenvalue weighted by Crippen LogP contribution is -2.47. The Bertz CT molecular complexity index is 632. The average molecular weight is 286 g/mol. The summed E-state index contributed by atoms with van der Waals surface area (Å²) in [5, 5.41) is 15.0. The fourth-order valence-electron chi connectivity index (χ4n) is 2.47. The van der Waals surface area contributed by atoms with Crippen LogP contribution in [0.1, 0.15) is 5.56 Å². The zero-order valence-corrected chi connectivity index (χ0v) is 12.0. The van der Waals surface area contributed by atoms with E-state index in [4.69, 9.17) is 0 Å². The monoisotopic (exact) mass is 286 g/mol. The van der Waals surface area contributed by atoms with Gasteiger partial charge >= 0.3 is 0 Å². The molecule has 0 atom stereocenters. The van der Waals surface area contributed by atoms with E-state index in [1.54, 1.807) is 4.68 Å². The van der Waals surface area contributed by atoms with Crippen molar-refractivity contribution in [2.24, 2.45) is 0 Å². The van der Waals surface area contributed by atoms with Gasteiger partial charge in [-0.1, -0.05) is 24.3 Å². The highest BCUT2D eigenvalue weighted by Crippen LogP contribution is 2.19. The maximum absolute atomic E-state index is 12.3. The number of benzene rings is 1. The van der Waals surface area contributed by atoms with Crippen LogP contribution in [0.2, 0.25) is 0 Å². The summed E-state index contributed by atoms with van der Waals surface area (Å²) in [5.41, 5.74) is 2.04. The second-order valence-electron chi connectivity index (χ2n) is 5.11. The van der Waals surface area contributed by atoms with Gasteiger partial charge in [0.15, 0.2) is 5.82 Å². The highest BCUT2D eigenvalue weighted by Gasteiger charge is 2.19. The van der Waals surface area contributed by atoms with Crippen LogP contribution in [0.4, 0.5) is 0 Å². The van der Waals surface area contributed by atoms with E-state index in [-0.39, 0.29) is 12.5 Å². The van der Waals surface area contributed by atoms with Gasteiger partial charge in [-0.3, -0.25) is 4.79 Å². The zero-order chi connectivity index (χ0) is 14.7. The molecule has 21 heavy (non-hydrogen) atoms. The lowest BCUT2D eigenvalue weighted by atomic mass is 10.1. The second-order valence-corrected chi connectivity index (χ2v) is 5.11. The average Bonchev–Trinajstić information content (AvgIpc) is 2.96. The molecule has 1 aromatic heterocycles. The molecule has 110 valence electrons. The van der Waals surface area contributed by atoms with Crippen LogP contribution < -0.4 is 5.32 Å². The minimum Gasteiger partial charge on any atom is -0.339 e. The fraction of sp³-hybridized carbons (Fsp3) is 0.429. The SMILES string of the molecule is Cc1ccccc1-c1nnnn1CC(=O)N1CCNCC1. The number of aromatic nitrogens is 4. The maximum Gasteiger partial charge on any atom is 0.244 e. The number of nitrogens with zero attached hydrogens (tertiary/aromatic N) is 5. The molecule has 3 rings (SSSR count). The van der Waals surface area contributed by atoms with Crippen molar-refractivity contribution < 1.29 is 4.79 Å². The van der Waals surface area contributed by atoms with Crippen LogP contribution in [0.15, 0.2) is 24.3 Å². The molecule has 7 nitrogen and oxygen atoms in total. The van der Waals surface area contributed by atoms with E-state index < -0.39 is 0 Å². The molecule has 1 amide bonds. The predicted molar refractivity (Wildman–Crippen MR) is 77.4 cm³/mol. The van der Waals surface area contributed by atoms with E-state index in [0.29, 0.717) is 5.82 Å². The Morgan fingerprint density at radius 2 is 2.05 bits per heavy atom. The lowest BCUT2D eigenvalue weighted by Gasteiger charge is -2.27. The molecule has 1 aliphatic rings. The Morgan fingerprint density at radius 1 is 1.29 bits per heavy atom. The first-order chi connectivity index (χ1) is 10.3. The van der Waals surface area contributed by atoms with Gasteiger partial charge in [0, 0.05) is 31.7 Å². The third-order valence-electron chi connectivity index (χ3n) is 3.67. The fourth-order valence-corrected chi connectivity index (χ4v) is 2.47. The number of hydrogen-bond acceptors (Lipinski definition) is 5. The number of carbonyl (C=O) groups is 1. The quantitative estimate of drug-likeness (QED) is 0.865. The predicted octanol–water partition coefficient (Wildman–Crippen LogP) is 0.0803. The van der Waals surface area contributed by atoms with Gasteiger partial charge in [-0.25, -0.2) is 4.68 Å². The van der Waals surface area contributed by atoms with Crippen LogP contribution in [0.25, 0.3) is 11.4 Å².